The Morgan fingerprint density at radius 1 is 1.41 bits per heavy atom. The molecule has 0 saturated heterocycles. The minimum atomic E-state index is -4.49. The van der Waals surface area contributed by atoms with Gasteiger partial charge in [-0.25, -0.2) is 4.79 Å². The van der Waals surface area contributed by atoms with Crippen LogP contribution < -0.4 is 5.32 Å². The maximum Gasteiger partial charge on any atom is 0.405 e. The van der Waals surface area contributed by atoms with Gasteiger partial charge in [-0.05, 0) is 12.1 Å². The molecule has 1 amide bonds. The molecule has 0 unspecified atom stereocenters. The summed E-state index contributed by atoms with van der Waals surface area (Å²) in [6.45, 7) is -2.21. The molecule has 2 N–H and O–H groups in total. The van der Waals surface area contributed by atoms with Crippen molar-refractivity contribution in [3.05, 3.63) is 24.0 Å². The number of hydrogen-bond acceptors (Lipinski definition) is 3. The van der Waals surface area contributed by atoms with Gasteiger partial charge in [-0.2, -0.15) is 13.2 Å². The van der Waals surface area contributed by atoms with Crippen LogP contribution in [0, 0.1) is 0 Å². The van der Waals surface area contributed by atoms with E-state index in [1.54, 1.807) is 11.4 Å². The first-order valence-corrected chi connectivity index (χ1v) is 4.52. The Hall–Kier alpha value is -1.99. The van der Waals surface area contributed by atoms with Gasteiger partial charge in [0.25, 0.3) is 5.91 Å². The van der Waals surface area contributed by atoms with Crippen LogP contribution in [-0.4, -0.2) is 36.2 Å². The summed E-state index contributed by atoms with van der Waals surface area (Å²) in [7, 11) is 0. The second kappa shape index (κ2) is 5.37. The van der Waals surface area contributed by atoms with E-state index in [1.807, 2.05) is 0 Å². The van der Waals surface area contributed by atoms with Crippen LogP contribution in [0.2, 0.25) is 0 Å². The number of amides is 1. The first kappa shape index (κ1) is 13.1. The van der Waals surface area contributed by atoms with Gasteiger partial charge >= 0.3 is 12.1 Å². The molecule has 0 bridgehead atoms. The van der Waals surface area contributed by atoms with Crippen molar-refractivity contribution in [2.75, 3.05) is 13.2 Å². The van der Waals surface area contributed by atoms with Gasteiger partial charge in [-0.1, -0.05) is 0 Å². The van der Waals surface area contributed by atoms with Crippen LogP contribution in [0.1, 0.15) is 10.5 Å². The van der Waals surface area contributed by atoms with Crippen LogP contribution in [0.15, 0.2) is 18.3 Å². The third-order valence-electron chi connectivity index (χ3n) is 1.64. The Morgan fingerprint density at radius 3 is 2.65 bits per heavy atom. The molecule has 0 fully saturated rings. The maximum atomic E-state index is 11.7. The van der Waals surface area contributed by atoms with Gasteiger partial charge in [-0.3, -0.25) is 4.79 Å². The van der Waals surface area contributed by atoms with Gasteiger partial charge in [-0.15, -0.1) is 0 Å². The Bertz CT molecular complexity index is 387. The molecule has 17 heavy (non-hydrogen) atoms. The van der Waals surface area contributed by atoms with E-state index in [0.29, 0.717) is 0 Å². The first-order valence-electron chi connectivity index (χ1n) is 4.52. The standard InChI is InChI=1S/C9H9F3N2O3/c10-9(11,12)5-14-7(15)4-17-8(16)6-2-1-3-13-6/h1-3,13H,4-5H2,(H,14,15). The van der Waals surface area contributed by atoms with E-state index >= 15 is 0 Å². The van der Waals surface area contributed by atoms with Crippen LogP contribution in [0.4, 0.5) is 13.2 Å². The van der Waals surface area contributed by atoms with Crippen molar-refractivity contribution in [3.8, 4) is 0 Å². The Labute approximate surface area is 93.9 Å². The third-order valence-corrected chi connectivity index (χ3v) is 1.64. The minimum Gasteiger partial charge on any atom is -0.451 e. The smallest absolute Gasteiger partial charge is 0.405 e. The fraction of sp³-hybridized carbons (Fsp3) is 0.333. The number of aromatic amines is 1. The number of H-pyrrole nitrogens is 1. The molecule has 0 aromatic carbocycles. The highest BCUT2D eigenvalue weighted by atomic mass is 19.4. The number of carbonyl (C=O) groups excluding carboxylic acids is 2. The van der Waals surface area contributed by atoms with E-state index in [-0.39, 0.29) is 5.69 Å². The fourth-order valence-corrected chi connectivity index (χ4v) is 0.916. The lowest BCUT2D eigenvalue weighted by molar-refractivity contribution is -0.140. The van der Waals surface area contributed by atoms with Gasteiger partial charge in [0.05, 0.1) is 0 Å². The van der Waals surface area contributed by atoms with Crippen LogP contribution in [-0.2, 0) is 9.53 Å². The van der Waals surface area contributed by atoms with Gasteiger partial charge in [0.1, 0.15) is 12.2 Å². The van der Waals surface area contributed by atoms with E-state index in [4.69, 9.17) is 0 Å². The lowest BCUT2D eigenvalue weighted by Gasteiger charge is -2.08. The number of esters is 1. The maximum absolute atomic E-state index is 11.7. The summed E-state index contributed by atoms with van der Waals surface area (Å²) in [4.78, 5) is 24.6. The molecule has 0 aliphatic heterocycles. The predicted molar refractivity (Wildman–Crippen MR) is 50.1 cm³/mol. The number of halogens is 3. The van der Waals surface area contributed by atoms with Crippen LogP contribution in [0.25, 0.3) is 0 Å². The second-order valence-corrected chi connectivity index (χ2v) is 3.05. The number of aromatic nitrogens is 1. The van der Waals surface area contributed by atoms with Gasteiger partial charge in [0.15, 0.2) is 6.61 Å². The molecular formula is C9H9F3N2O3. The molecule has 0 radical (unpaired) electrons. The normalized spacial score (nSPS) is 11.0. The van der Waals surface area contributed by atoms with E-state index in [2.05, 4.69) is 9.72 Å². The van der Waals surface area contributed by atoms with Gasteiger partial charge in [0.2, 0.25) is 0 Å². The second-order valence-electron chi connectivity index (χ2n) is 3.05. The third kappa shape index (κ3) is 5.05. The van der Waals surface area contributed by atoms with Crippen LogP contribution in [0.3, 0.4) is 0 Å². The van der Waals surface area contributed by atoms with Crippen molar-refractivity contribution in [3.63, 3.8) is 0 Å². The summed E-state index contributed by atoms with van der Waals surface area (Å²) >= 11 is 0. The molecule has 1 aromatic heterocycles. The zero-order valence-corrected chi connectivity index (χ0v) is 8.50. The van der Waals surface area contributed by atoms with Crippen LogP contribution >= 0.6 is 0 Å². The molecule has 8 heteroatoms. The molecule has 0 saturated carbocycles. The zero-order chi connectivity index (χ0) is 12.9. The molecule has 0 aliphatic carbocycles. The molecule has 0 spiro atoms. The monoisotopic (exact) mass is 250 g/mol. The minimum absolute atomic E-state index is 0.119. The summed E-state index contributed by atoms with van der Waals surface area (Å²) in [6.07, 6.45) is -3.01. The largest absolute Gasteiger partial charge is 0.451 e. The topological polar surface area (TPSA) is 71.2 Å². The summed E-state index contributed by atoms with van der Waals surface area (Å²) in [5.41, 5.74) is 0.119. The average Bonchev–Trinajstić information content (AvgIpc) is 2.75. The number of hydrogen-bond donors (Lipinski definition) is 2. The SMILES string of the molecule is O=C(COC(=O)c1ccc[nH]1)NCC(F)(F)F. The van der Waals surface area contributed by atoms with E-state index in [9.17, 15) is 22.8 Å². The molecule has 1 heterocycles. The van der Waals surface area contributed by atoms with Crippen molar-refractivity contribution < 1.29 is 27.5 Å². The molecule has 1 rings (SSSR count). The highest BCUT2D eigenvalue weighted by molar-refractivity contribution is 5.89. The van der Waals surface area contributed by atoms with Crippen molar-refractivity contribution in [1.82, 2.24) is 10.3 Å². The average molecular weight is 250 g/mol. The molecule has 1 aromatic rings. The number of carbonyl (C=O) groups is 2. The molecule has 5 nitrogen and oxygen atoms in total. The van der Waals surface area contributed by atoms with E-state index < -0.39 is 31.2 Å². The lowest BCUT2D eigenvalue weighted by atomic mass is 10.4. The first-order chi connectivity index (χ1) is 7.88. The summed E-state index contributed by atoms with van der Waals surface area (Å²) in [6, 6.07) is 2.95. The van der Waals surface area contributed by atoms with E-state index in [1.165, 1.54) is 12.3 Å². The van der Waals surface area contributed by atoms with Crippen molar-refractivity contribution in [1.29, 1.82) is 0 Å². The molecular weight excluding hydrogens is 241 g/mol. The van der Waals surface area contributed by atoms with Crippen molar-refractivity contribution in [2.24, 2.45) is 0 Å². The highest BCUT2D eigenvalue weighted by Gasteiger charge is 2.27. The lowest BCUT2D eigenvalue weighted by Crippen LogP contribution is -2.36. The highest BCUT2D eigenvalue weighted by Crippen LogP contribution is 2.11. The summed E-state index contributed by atoms with van der Waals surface area (Å²) < 4.78 is 39.6. The number of alkyl halides is 3. The Kier molecular flexibility index (Phi) is 4.13. The summed E-state index contributed by atoms with van der Waals surface area (Å²) in [5, 5.41) is 1.57. The molecule has 0 aliphatic rings. The van der Waals surface area contributed by atoms with Crippen molar-refractivity contribution >= 4 is 11.9 Å². The van der Waals surface area contributed by atoms with E-state index in [0.717, 1.165) is 0 Å². The van der Waals surface area contributed by atoms with Gasteiger partial charge < -0.3 is 15.0 Å². The Balaban J connectivity index is 2.27. The number of ether oxygens (including phenoxy) is 1. The van der Waals surface area contributed by atoms with Crippen molar-refractivity contribution in [2.45, 2.75) is 6.18 Å². The van der Waals surface area contributed by atoms with Gasteiger partial charge in [0, 0.05) is 6.20 Å². The van der Waals surface area contributed by atoms with Crippen LogP contribution in [0.5, 0.6) is 0 Å². The quantitative estimate of drug-likeness (QED) is 0.778. The fourth-order valence-electron chi connectivity index (χ4n) is 0.916. The molecule has 0 atom stereocenters. The summed E-state index contributed by atoms with van der Waals surface area (Å²) in [5.74, 6) is -1.82. The Morgan fingerprint density at radius 2 is 2.12 bits per heavy atom. The number of nitrogens with one attached hydrogen (secondary N) is 2. The zero-order valence-electron chi connectivity index (χ0n) is 8.50. The predicted octanol–water partition coefficient (Wildman–Crippen LogP) is 0.850. The molecule has 94 valence electrons. The number of rotatable bonds is 4.